The van der Waals surface area contributed by atoms with Gasteiger partial charge in [-0.3, -0.25) is 0 Å². The lowest BCUT2D eigenvalue weighted by Crippen LogP contribution is -2.02. The van der Waals surface area contributed by atoms with Crippen molar-refractivity contribution in [1.29, 1.82) is 0 Å². The molecule has 0 fully saturated rings. The SMILES string of the molecule is Cc1ccc(NCc2cccc(OCc3cccs3)c2)c(C)c1.Cl. The van der Waals surface area contributed by atoms with E-state index in [1.54, 1.807) is 11.3 Å². The van der Waals surface area contributed by atoms with Crippen LogP contribution in [0.2, 0.25) is 0 Å². The summed E-state index contributed by atoms with van der Waals surface area (Å²) in [6.45, 7) is 5.67. The molecule has 0 aliphatic carbocycles. The number of hydrogen-bond acceptors (Lipinski definition) is 3. The number of aryl methyl sites for hydroxylation is 2. The van der Waals surface area contributed by atoms with E-state index < -0.39 is 0 Å². The van der Waals surface area contributed by atoms with Gasteiger partial charge in [-0.25, -0.2) is 0 Å². The van der Waals surface area contributed by atoms with Gasteiger partial charge in [0.05, 0.1) is 0 Å². The van der Waals surface area contributed by atoms with Crippen molar-refractivity contribution < 1.29 is 4.74 Å². The van der Waals surface area contributed by atoms with E-state index in [0.717, 1.165) is 12.3 Å². The number of halogens is 1. The molecule has 2 aromatic carbocycles. The highest BCUT2D eigenvalue weighted by Crippen LogP contribution is 2.20. The molecule has 0 spiro atoms. The summed E-state index contributed by atoms with van der Waals surface area (Å²) < 4.78 is 5.87. The molecule has 0 radical (unpaired) electrons. The Morgan fingerprint density at radius 2 is 1.88 bits per heavy atom. The number of ether oxygens (including phenoxy) is 1. The van der Waals surface area contributed by atoms with Crippen LogP contribution < -0.4 is 10.1 Å². The smallest absolute Gasteiger partial charge is 0.122 e. The second-order valence-electron chi connectivity index (χ2n) is 5.69. The Kier molecular flexibility index (Phi) is 6.71. The van der Waals surface area contributed by atoms with Crippen molar-refractivity contribution in [3.63, 3.8) is 0 Å². The zero-order chi connectivity index (χ0) is 16.1. The monoisotopic (exact) mass is 359 g/mol. The second-order valence-corrected chi connectivity index (χ2v) is 6.72. The first-order chi connectivity index (χ1) is 11.2. The Bertz CT molecular complexity index is 771. The third kappa shape index (κ3) is 5.02. The molecule has 3 aromatic rings. The van der Waals surface area contributed by atoms with Gasteiger partial charge in [0.25, 0.3) is 0 Å². The molecule has 0 amide bonds. The maximum Gasteiger partial charge on any atom is 0.122 e. The summed E-state index contributed by atoms with van der Waals surface area (Å²) in [5.74, 6) is 0.915. The molecule has 0 atom stereocenters. The highest BCUT2D eigenvalue weighted by molar-refractivity contribution is 7.09. The van der Waals surface area contributed by atoms with Crippen molar-refractivity contribution in [3.05, 3.63) is 81.5 Å². The molecule has 126 valence electrons. The van der Waals surface area contributed by atoms with Crippen molar-refractivity contribution in [2.24, 2.45) is 0 Å². The number of benzene rings is 2. The van der Waals surface area contributed by atoms with Crippen LogP contribution >= 0.6 is 23.7 Å². The first-order valence-electron chi connectivity index (χ1n) is 7.76. The van der Waals surface area contributed by atoms with Crippen LogP contribution in [0.5, 0.6) is 5.75 Å². The number of nitrogens with one attached hydrogen (secondary N) is 1. The maximum absolute atomic E-state index is 5.87. The second kappa shape index (κ2) is 8.76. The third-order valence-corrected chi connectivity index (χ3v) is 4.57. The number of rotatable bonds is 6. The number of hydrogen-bond donors (Lipinski definition) is 1. The summed E-state index contributed by atoms with van der Waals surface area (Å²) in [6.07, 6.45) is 0. The van der Waals surface area contributed by atoms with E-state index in [1.165, 1.54) is 27.3 Å². The molecule has 0 saturated carbocycles. The van der Waals surface area contributed by atoms with E-state index >= 15 is 0 Å². The minimum absolute atomic E-state index is 0. The number of anilines is 1. The van der Waals surface area contributed by atoms with E-state index in [1.807, 2.05) is 18.2 Å². The lowest BCUT2D eigenvalue weighted by molar-refractivity contribution is 0.309. The van der Waals surface area contributed by atoms with Crippen LogP contribution in [0.3, 0.4) is 0 Å². The van der Waals surface area contributed by atoms with Gasteiger partial charge in [0.2, 0.25) is 0 Å². The summed E-state index contributed by atoms with van der Waals surface area (Å²) in [6, 6.07) is 18.9. The zero-order valence-electron chi connectivity index (χ0n) is 13.9. The molecule has 0 unspecified atom stereocenters. The first kappa shape index (κ1) is 18.4. The van der Waals surface area contributed by atoms with E-state index in [9.17, 15) is 0 Å². The Morgan fingerprint density at radius 1 is 1.00 bits per heavy atom. The predicted octanol–water partition coefficient (Wildman–Crippen LogP) is 5.98. The normalized spacial score (nSPS) is 10.1. The van der Waals surface area contributed by atoms with Gasteiger partial charge < -0.3 is 10.1 Å². The van der Waals surface area contributed by atoms with Crippen molar-refractivity contribution in [3.8, 4) is 5.75 Å². The molecule has 1 aromatic heterocycles. The van der Waals surface area contributed by atoms with Gasteiger partial charge in [0.1, 0.15) is 12.4 Å². The molecule has 0 bridgehead atoms. The van der Waals surface area contributed by atoms with Crippen LogP contribution in [-0.4, -0.2) is 0 Å². The van der Waals surface area contributed by atoms with Crippen molar-refractivity contribution in [2.45, 2.75) is 27.0 Å². The van der Waals surface area contributed by atoms with Crippen LogP contribution in [0.4, 0.5) is 5.69 Å². The third-order valence-electron chi connectivity index (χ3n) is 3.72. The quantitative estimate of drug-likeness (QED) is 0.584. The first-order valence-corrected chi connectivity index (χ1v) is 8.64. The van der Waals surface area contributed by atoms with Gasteiger partial charge in [0, 0.05) is 17.1 Å². The van der Waals surface area contributed by atoms with Crippen LogP contribution in [0.1, 0.15) is 21.6 Å². The van der Waals surface area contributed by atoms with Crippen molar-refractivity contribution >= 4 is 29.4 Å². The summed E-state index contributed by atoms with van der Waals surface area (Å²) in [4.78, 5) is 1.24. The average Bonchev–Trinajstić information content (AvgIpc) is 3.06. The Balaban J connectivity index is 0.00000208. The number of thiophene rings is 1. The lowest BCUT2D eigenvalue weighted by Gasteiger charge is -2.11. The molecule has 0 aliphatic rings. The zero-order valence-corrected chi connectivity index (χ0v) is 15.5. The molecular formula is C20H22ClNOS. The van der Waals surface area contributed by atoms with Crippen molar-refractivity contribution in [2.75, 3.05) is 5.32 Å². The maximum atomic E-state index is 5.87. The highest BCUT2D eigenvalue weighted by Gasteiger charge is 2.01. The minimum atomic E-state index is 0. The molecule has 1 heterocycles. The van der Waals surface area contributed by atoms with Crippen LogP contribution in [0.25, 0.3) is 0 Å². The minimum Gasteiger partial charge on any atom is -0.488 e. The molecule has 0 saturated heterocycles. The van der Waals surface area contributed by atoms with E-state index in [0.29, 0.717) is 6.61 Å². The largest absolute Gasteiger partial charge is 0.488 e. The van der Waals surface area contributed by atoms with Gasteiger partial charge in [-0.1, -0.05) is 35.9 Å². The van der Waals surface area contributed by atoms with E-state index in [-0.39, 0.29) is 12.4 Å². The lowest BCUT2D eigenvalue weighted by atomic mass is 10.1. The molecule has 4 heteroatoms. The summed E-state index contributed by atoms with van der Waals surface area (Å²) in [5.41, 5.74) is 4.96. The standard InChI is InChI=1S/C20H21NOS.ClH/c1-15-8-9-20(16(2)11-15)21-13-17-5-3-6-18(12-17)22-14-19-7-4-10-23-19;/h3-12,21H,13-14H2,1-2H3;1H. The Morgan fingerprint density at radius 3 is 2.62 bits per heavy atom. The fourth-order valence-corrected chi connectivity index (χ4v) is 3.12. The summed E-state index contributed by atoms with van der Waals surface area (Å²) in [5, 5.41) is 5.57. The van der Waals surface area contributed by atoms with E-state index in [2.05, 4.69) is 60.9 Å². The van der Waals surface area contributed by atoms with E-state index in [4.69, 9.17) is 4.74 Å². The van der Waals surface area contributed by atoms with Gasteiger partial charge >= 0.3 is 0 Å². The topological polar surface area (TPSA) is 21.3 Å². The van der Waals surface area contributed by atoms with Crippen molar-refractivity contribution in [1.82, 2.24) is 0 Å². The molecular weight excluding hydrogens is 338 g/mol. The molecule has 2 nitrogen and oxygen atoms in total. The molecule has 0 aliphatic heterocycles. The average molecular weight is 360 g/mol. The van der Waals surface area contributed by atoms with Crippen LogP contribution in [-0.2, 0) is 13.2 Å². The van der Waals surface area contributed by atoms with Gasteiger partial charge in [0.15, 0.2) is 0 Å². The molecule has 24 heavy (non-hydrogen) atoms. The fourth-order valence-electron chi connectivity index (χ4n) is 2.50. The summed E-state index contributed by atoms with van der Waals surface area (Å²) in [7, 11) is 0. The Hall–Kier alpha value is -1.97. The van der Waals surface area contributed by atoms with Gasteiger partial charge in [-0.2, -0.15) is 0 Å². The van der Waals surface area contributed by atoms with Gasteiger partial charge in [-0.15, -0.1) is 23.7 Å². The molecule has 1 N–H and O–H groups in total. The van der Waals surface area contributed by atoms with Gasteiger partial charge in [-0.05, 0) is 54.6 Å². The predicted molar refractivity (Wildman–Crippen MR) is 106 cm³/mol. The Labute approximate surface area is 153 Å². The summed E-state index contributed by atoms with van der Waals surface area (Å²) >= 11 is 1.72. The highest BCUT2D eigenvalue weighted by atomic mass is 35.5. The molecule has 3 rings (SSSR count). The fraction of sp³-hybridized carbons (Fsp3) is 0.200. The van der Waals surface area contributed by atoms with Crippen LogP contribution in [0, 0.1) is 13.8 Å². The van der Waals surface area contributed by atoms with Crippen LogP contribution in [0.15, 0.2) is 60.0 Å².